The third-order valence-corrected chi connectivity index (χ3v) is 4.21. The molecule has 0 spiro atoms. The summed E-state index contributed by atoms with van der Waals surface area (Å²) in [6.45, 7) is 3.61. The van der Waals surface area contributed by atoms with Gasteiger partial charge in [-0.05, 0) is 49.2 Å². The first-order valence-electron chi connectivity index (χ1n) is 8.93. The molecule has 0 fully saturated rings. The standard InChI is InChI=1S/C22H24O6/c1-4-5-18-20(10-8-17(14(2)23)22(18)26)28-13-15-6-9-19(27-3)16(12-15)7-11-21(24)25/h6-12,26H,4-5,13H2,1-3H3,(H,24,25)/b11-7+. The molecule has 0 saturated heterocycles. The van der Waals surface area contributed by atoms with Gasteiger partial charge in [0.25, 0.3) is 0 Å². The molecule has 0 radical (unpaired) electrons. The molecule has 0 aromatic heterocycles. The topological polar surface area (TPSA) is 93.1 Å². The van der Waals surface area contributed by atoms with Crippen molar-refractivity contribution in [2.75, 3.05) is 7.11 Å². The van der Waals surface area contributed by atoms with Crippen LogP contribution in [-0.4, -0.2) is 29.1 Å². The van der Waals surface area contributed by atoms with Crippen LogP contribution in [0.2, 0.25) is 0 Å². The van der Waals surface area contributed by atoms with Crippen LogP contribution in [0.15, 0.2) is 36.4 Å². The van der Waals surface area contributed by atoms with Crippen LogP contribution < -0.4 is 9.47 Å². The molecule has 28 heavy (non-hydrogen) atoms. The second-order valence-electron chi connectivity index (χ2n) is 6.28. The highest BCUT2D eigenvalue weighted by atomic mass is 16.5. The number of rotatable bonds is 9. The van der Waals surface area contributed by atoms with Gasteiger partial charge in [-0.2, -0.15) is 0 Å². The van der Waals surface area contributed by atoms with Crippen molar-refractivity contribution in [1.82, 2.24) is 0 Å². The van der Waals surface area contributed by atoms with Gasteiger partial charge in [0.2, 0.25) is 0 Å². The first-order chi connectivity index (χ1) is 13.4. The van der Waals surface area contributed by atoms with Crippen LogP contribution in [0.4, 0.5) is 0 Å². The number of hydrogen-bond acceptors (Lipinski definition) is 5. The molecule has 0 saturated carbocycles. The Morgan fingerprint density at radius 2 is 1.86 bits per heavy atom. The largest absolute Gasteiger partial charge is 0.507 e. The lowest BCUT2D eigenvalue weighted by Crippen LogP contribution is -2.03. The second-order valence-corrected chi connectivity index (χ2v) is 6.28. The van der Waals surface area contributed by atoms with Gasteiger partial charge in [0.1, 0.15) is 23.9 Å². The quantitative estimate of drug-likeness (QED) is 0.496. The van der Waals surface area contributed by atoms with Crippen molar-refractivity contribution in [3.05, 3.63) is 58.7 Å². The van der Waals surface area contributed by atoms with E-state index in [1.165, 1.54) is 20.1 Å². The Hall–Kier alpha value is -3.28. The molecule has 0 aliphatic carbocycles. The van der Waals surface area contributed by atoms with E-state index in [4.69, 9.17) is 14.6 Å². The summed E-state index contributed by atoms with van der Waals surface area (Å²) in [5, 5.41) is 19.2. The lowest BCUT2D eigenvalue weighted by Gasteiger charge is -2.15. The van der Waals surface area contributed by atoms with E-state index in [9.17, 15) is 14.7 Å². The third-order valence-electron chi connectivity index (χ3n) is 4.21. The number of phenols is 1. The predicted octanol–water partition coefficient (Wildman–Crippen LogP) is 4.23. The van der Waals surface area contributed by atoms with E-state index in [0.717, 1.165) is 18.1 Å². The molecule has 0 amide bonds. The van der Waals surface area contributed by atoms with E-state index in [-0.39, 0.29) is 23.7 Å². The van der Waals surface area contributed by atoms with Crippen LogP contribution in [0.5, 0.6) is 17.2 Å². The number of hydrogen-bond donors (Lipinski definition) is 2. The predicted molar refractivity (Wildman–Crippen MR) is 106 cm³/mol. The Morgan fingerprint density at radius 3 is 2.46 bits per heavy atom. The Bertz CT molecular complexity index is 898. The van der Waals surface area contributed by atoms with E-state index < -0.39 is 5.97 Å². The van der Waals surface area contributed by atoms with E-state index >= 15 is 0 Å². The molecule has 6 nitrogen and oxygen atoms in total. The molecule has 0 bridgehead atoms. The minimum atomic E-state index is -1.05. The first kappa shape index (κ1) is 21.0. The maximum Gasteiger partial charge on any atom is 0.328 e. The fourth-order valence-corrected chi connectivity index (χ4v) is 2.85. The Morgan fingerprint density at radius 1 is 1.14 bits per heavy atom. The zero-order chi connectivity index (χ0) is 20.7. The summed E-state index contributed by atoms with van der Waals surface area (Å²) >= 11 is 0. The number of aromatic hydroxyl groups is 1. The average molecular weight is 384 g/mol. The highest BCUT2D eigenvalue weighted by molar-refractivity contribution is 5.97. The van der Waals surface area contributed by atoms with Crippen LogP contribution in [0.1, 0.15) is 47.3 Å². The van der Waals surface area contributed by atoms with Gasteiger partial charge in [-0.3, -0.25) is 4.79 Å². The number of Topliss-reactive ketones (excluding diaryl/α,β-unsaturated/α-hetero) is 1. The SMILES string of the molecule is CCCc1c(OCc2ccc(OC)c(/C=C/C(=O)O)c2)ccc(C(C)=O)c1O. The zero-order valence-corrected chi connectivity index (χ0v) is 16.2. The number of ether oxygens (including phenoxy) is 2. The minimum absolute atomic E-state index is 0.0355. The summed E-state index contributed by atoms with van der Waals surface area (Å²) < 4.78 is 11.1. The number of aliphatic carboxylic acids is 1. The number of carbonyl (C=O) groups excluding carboxylic acids is 1. The minimum Gasteiger partial charge on any atom is -0.507 e. The van der Waals surface area contributed by atoms with E-state index in [0.29, 0.717) is 29.0 Å². The number of ketones is 1. The van der Waals surface area contributed by atoms with Gasteiger partial charge in [0, 0.05) is 17.2 Å². The lowest BCUT2D eigenvalue weighted by atomic mass is 10.0. The molecule has 0 aliphatic heterocycles. The molecule has 0 aliphatic rings. The van der Waals surface area contributed by atoms with Gasteiger partial charge in [-0.25, -0.2) is 4.79 Å². The van der Waals surface area contributed by atoms with Crippen LogP contribution in [-0.2, 0) is 17.8 Å². The van der Waals surface area contributed by atoms with Crippen molar-refractivity contribution in [2.24, 2.45) is 0 Å². The third kappa shape index (κ3) is 5.13. The highest BCUT2D eigenvalue weighted by Crippen LogP contribution is 2.33. The van der Waals surface area contributed by atoms with Crippen LogP contribution in [0, 0.1) is 0 Å². The van der Waals surface area contributed by atoms with Crippen molar-refractivity contribution in [3.63, 3.8) is 0 Å². The number of carbonyl (C=O) groups is 2. The van der Waals surface area contributed by atoms with Crippen LogP contribution >= 0.6 is 0 Å². The van der Waals surface area contributed by atoms with Crippen molar-refractivity contribution in [3.8, 4) is 17.2 Å². The molecule has 2 aromatic carbocycles. The number of methoxy groups -OCH3 is 1. The zero-order valence-electron chi connectivity index (χ0n) is 16.2. The fraction of sp³-hybridized carbons (Fsp3) is 0.273. The normalized spacial score (nSPS) is 10.8. The summed E-state index contributed by atoms with van der Waals surface area (Å²) in [4.78, 5) is 22.4. The summed E-state index contributed by atoms with van der Waals surface area (Å²) in [7, 11) is 1.51. The van der Waals surface area contributed by atoms with Gasteiger partial charge in [-0.15, -0.1) is 0 Å². The molecule has 2 rings (SSSR count). The molecule has 148 valence electrons. The van der Waals surface area contributed by atoms with Crippen LogP contribution in [0.25, 0.3) is 6.08 Å². The maximum absolute atomic E-state index is 11.7. The molecule has 0 atom stereocenters. The van der Waals surface area contributed by atoms with Crippen molar-refractivity contribution < 1.29 is 29.3 Å². The van der Waals surface area contributed by atoms with Crippen molar-refractivity contribution >= 4 is 17.8 Å². The Labute approximate surface area is 164 Å². The fourth-order valence-electron chi connectivity index (χ4n) is 2.85. The molecule has 2 aromatic rings. The Kier molecular flexibility index (Phi) is 7.21. The van der Waals surface area contributed by atoms with Crippen LogP contribution in [0.3, 0.4) is 0 Å². The summed E-state index contributed by atoms with van der Waals surface area (Å²) in [6.07, 6.45) is 3.87. The molecule has 2 N–H and O–H groups in total. The number of carboxylic acid groups (broad SMARTS) is 1. The molecular formula is C22H24O6. The van der Waals surface area contributed by atoms with Gasteiger partial charge in [0.05, 0.1) is 12.7 Å². The second kappa shape index (κ2) is 9.60. The monoisotopic (exact) mass is 384 g/mol. The molecule has 0 heterocycles. The number of benzene rings is 2. The maximum atomic E-state index is 11.7. The van der Waals surface area contributed by atoms with E-state index in [1.54, 1.807) is 24.3 Å². The van der Waals surface area contributed by atoms with Gasteiger partial charge in [0.15, 0.2) is 5.78 Å². The Balaban J connectivity index is 2.28. The molecule has 0 unspecified atom stereocenters. The van der Waals surface area contributed by atoms with Crippen molar-refractivity contribution in [1.29, 1.82) is 0 Å². The average Bonchev–Trinajstić information content (AvgIpc) is 2.66. The van der Waals surface area contributed by atoms with Crippen molar-refractivity contribution in [2.45, 2.75) is 33.3 Å². The summed E-state index contributed by atoms with van der Waals surface area (Å²) in [5.74, 6) is -0.216. The lowest BCUT2D eigenvalue weighted by molar-refractivity contribution is -0.131. The van der Waals surface area contributed by atoms with E-state index in [2.05, 4.69) is 0 Å². The first-order valence-corrected chi connectivity index (χ1v) is 8.93. The van der Waals surface area contributed by atoms with Gasteiger partial charge in [-0.1, -0.05) is 19.4 Å². The highest BCUT2D eigenvalue weighted by Gasteiger charge is 2.16. The molecule has 6 heteroatoms. The number of carboxylic acids is 1. The van der Waals surface area contributed by atoms with Gasteiger partial charge >= 0.3 is 5.97 Å². The van der Waals surface area contributed by atoms with E-state index in [1.807, 2.05) is 13.0 Å². The number of phenolic OH excluding ortho intramolecular Hbond substituents is 1. The smallest absolute Gasteiger partial charge is 0.328 e. The summed E-state index contributed by atoms with van der Waals surface area (Å²) in [5.41, 5.74) is 2.31. The molecular weight excluding hydrogens is 360 g/mol. The summed E-state index contributed by atoms with van der Waals surface area (Å²) in [6, 6.07) is 8.59. The van der Waals surface area contributed by atoms with Gasteiger partial charge < -0.3 is 19.7 Å².